The van der Waals surface area contributed by atoms with Crippen molar-refractivity contribution >= 4 is 40.9 Å². The van der Waals surface area contributed by atoms with Gasteiger partial charge in [0.05, 0.1) is 12.1 Å². The topological polar surface area (TPSA) is 86.8 Å². The number of hydrogen-bond acceptors (Lipinski definition) is 4. The van der Waals surface area contributed by atoms with Crippen LogP contribution in [0.1, 0.15) is 32.7 Å². The number of carbonyl (C=O) groups is 4. The average Bonchev–Trinajstić information content (AvgIpc) is 3.11. The third kappa shape index (κ3) is 4.63. The highest BCUT2D eigenvalue weighted by Gasteiger charge is 2.45. The third-order valence-corrected chi connectivity index (χ3v) is 5.51. The van der Waals surface area contributed by atoms with E-state index < -0.39 is 29.7 Å². The van der Waals surface area contributed by atoms with Crippen molar-refractivity contribution in [2.75, 3.05) is 4.90 Å². The molecule has 166 valence electrons. The van der Waals surface area contributed by atoms with Gasteiger partial charge in [0.25, 0.3) is 17.7 Å². The predicted molar refractivity (Wildman–Crippen MR) is 124 cm³/mol. The molecule has 3 aromatic carbocycles. The number of rotatable bonds is 4. The van der Waals surface area contributed by atoms with Crippen LogP contribution in [0.15, 0.2) is 78.9 Å². The number of anilines is 1. The average molecular weight is 462 g/mol. The number of carbonyl (C=O) groups excluding carboxylic acids is 4. The Morgan fingerprint density at radius 3 is 2.27 bits per heavy atom. The maximum Gasteiger partial charge on any atom is 0.273 e. The van der Waals surface area contributed by atoms with E-state index in [2.05, 4.69) is 5.43 Å². The summed E-state index contributed by atoms with van der Waals surface area (Å²) in [4.78, 5) is 53.3. The zero-order chi connectivity index (χ0) is 23.5. The third-order valence-electron chi connectivity index (χ3n) is 5.28. The summed E-state index contributed by atoms with van der Waals surface area (Å²) in [5.41, 5.74) is 4.38. The maximum absolute atomic E-state index is 13.4. The zero-order valence-corrected chi connectivity index (χ0v) is 18.5. The monoisotopic (exact) mass is 461 g/mol. The Kier molecular flexibility index (Phi) is 6.24. The number of aryl methyl sites for hydroxylation is 1. The number of benzene rings is 3. The van der Waals surface area contributed by atoms with Gasteiger partial charge in [0, 0.05) is 16.1 Å². The lowest BCUT2D eigenvalue weighted by molar-refractivity contribution is -0.122. The minimum Gasteiger partial charge on any atom is -0.274 e. The van der Waals surface area contributed by atoms with Gasteiger partial charge in [0.15, 0.2) is 0 Å². The summed E-state index contributed by atoms with van der Waals surface area (Å²) in [6.45, 7) is 1.89. The van der Waals surface area contributed by atoms with E-state index >= 15 is 0 Å². The molecule has 0 radical (unpaired) electrons. The molecule has 1 aliphatic heterocycles. The van der Waals surface area contributed by atoms with Gasteiger partial charge in [-0.2, -0.15) is 0 Å². The molecule has 1 atom stereocenters. The minimum atomic E-state index is -1.21. The minimum absolute atomic E-state index is 0.171. The predicted octanol–water partition coefficient (Wildman–Crippen LogP) is 3.77. The van der Waals surface area contributed by atoms with Crippen molar-refractivity contribution in [1.82, 2.24) is 10.4 Å². The molecule has 1 fully saturated rings. The Balaban J connectivity index is 1.68. The first-order valence-corrected chi connectivity index (χ1v) is 10.6. The molecule has 1 N–H and O–H groups in total. The van der Waals surface area contributed by atoms with Crippen LogP contribution < -0.4 is 10.3 Å². The van der Waals surface area contributed by atoms with Crippen molar-refractivity contribution in [2.45, 2.75) is 19.4 Å². The van der Waals surface area contributed by atoms with Gasteiger partial charge < -0.3 is 0 Å². The number of nitrogens with one attached hydrogen (secondary N) is 1. The van der Waals surface area contributed by atoms with E-state index in [0.29, 0.717) is 16.3 Å². The maximum atomic E-state index is 13.4. The summed E-state index contributed by atoms with van der Waals surface area (Å²) in [6, 6.07) is 20.1. The largest absolute Gasteiger partial charge is 0.274 e. The van der Waals surface area contributed by atoms with Crippen LogP contribution in [0.25, 0.3) is 0 Å². The fourth-order valence-electron chi connectivity index (χ4n) is 3.58. The van der Waals surface area contributed by atoms with Crippen LogP contribution in [0, 0.1) is 6.92 Å². The van der Waals surface area contributed by atoms with Gasteiger partial charge in [0.2, 0.25) is 5.91 Å². The molecule has 0 saturated carbocycles. The van der Waals surface area contributed by atoms with Crippen molar-refractivity contribution < 1.29 is 19.2 Å². The highest BCUT2D eigenvalue weighted by molar-refractivity contribution is 6.31. The number of hydrogen-bond donors (Lipinski definition) is 1. The fourth-order valence-corrected chi connectivity index (χ4v) is 3.77. The Morgan fingerprint density at radius 1 is 0.939 bits per heavy atom. The molecule has 33 heavy (non-hydrogen) atoms. The van der Waals surface area contributed by atoms with E-state index in [4.69, 9.17) is 11.6 Å². The van der Waals surface area contributed by atoms with Gasteiger partial charge in [0.1, 0.15) is 6.04 Å². The van der Waals surface area contributed by atoms with Gasteiger partial charge in [-0.05, 0) is 49.4 Å². The van der Waals surface area contributed by atoms with E-state index in [1.165, 1.54) is 12.1 Å². The molecule has 0 bridgehead atoms. The molecule has 1 aliphatic rings. The van der Waals surface area contributed by atoms with E-state index in [9.17, 15) is 19.2 Å². The van der Waals surface area contributed by atoms with Gasteiger partial charge >= 0.3 is 0 Å². The number of amides is 4. The second-order valence-corrected chi connectivity index (χ2v) is 8.05. The fraction of sp³-hybridized carbons (Fsp3) is 0.120. The van der Waals surface area contributed by atoms with Crippen molar-refractivity contribution in [1.29, 1.82) is 0 Å². The molecule has 1 unspecified atom stereocenters. The first kappa shape index (κ1) is 22.2. The zero-order valence-electron chi connectivity index (χ0n) is 17.7. The normalized spacial score (nSPS) is 15.5. The highest BCUT2D eigenvalue weighted by Crippen LogP contribution is 2.26. The van der Waals surface area contributed by atoms with Crippen LogP contribution >= 0.6 is 11.6 Å². The summed E-state index contributed by atoms with van der Waals surface area (Å²) in [5.74, 6) is -2.31. The first-order chi connectivity index (χ1) is 15.8. The van der Waals surface area contributed by atoms with Gasteiger partial charge in [-0.1, -0.05) is 53.6 Å². The SMILES string of the molecule is Cc1ccc(N2C(=O)CC(N(NC(=O)c3ccccc3)C(=O)c3cccc(Cl)c3)C2=O)cc1. The molecule has 0 aromatic heterocycles. The Hall–Kier alpha value is -3.97. The smallest absolute Gasteiger partial charge is 0.273 e. The number of nitrogens with zero attached hydrogens (tertiary/aromatic N) is 2. The van der Waals surface area contributed by atoms with Crippen LogP contribution in [0.2, 0.25) is 5.02 Å². The van der Waals surface area contributed by atoms with Gasteiger partial charge in [-0.3, -0.25) is 24.6 Å². The Morgan fingerprint density at radius 2 is 1.61 bits per heavy atom. The first-order valence-electron chi connectivity index (χ1n) is 10.2. The molecule has 8 heteroatoms. The summed E-state index contributed by atoms with van der Waals surface area (Å²) in [5, 5.41) is 1.25. The Labute approximate surface area is 195 Å². The summed E-state index contributed by atoms with van der Waals surface area (Å²) < 4.78 is 0. The lowest BCUT2D eigenvalue weighted by atomic mass is 10.1. The van der Waals surface area contributed by atoms with Crippen molar-refractivity contribution in [3.05, 3.63) is 101 Å². The lowest BCUT2D eigenvalue weighted by Crippen LogP contribution is -2.54. The molecule has 4 rings (SSSR count). The summed E-state index contributed by atoms with van der Waals surface area (Å²) >= 11 is 6.04. The van der Waals surface area contributed by atoms with Crippen molar-refractivity contribution in [3.8, 4) is 0 Å². The van der Waals surface area contributed by atoms with Crippen LogP contribution in [0.5, 0.6) is 0 Å². The van der Waals surface area contributed by atoms with Crippen LogP contribution in [-0.4, -0.2) is 34.7 Å². The molecule has 7 nitrogen and oxygen atoms in total. The molecule has 3 aromatic rings. The molecule has 4 amide bonds. The van der Waals surface area contributed by atoms with Crippen LogP contribution in [0.4, 0.5) is 5.69 Å². The quantitative estimate of drug-likeness (QED) is 0.473. The molecular weight excluding hydrogens is 442 g/mol. The molecule has 0 spiro atoms. The van der Waals surface area contributed by atoms with Gasteiger partial charge in [-0.25, -0.2) is 9.91 Å². The lowest BCUT2D eigenvalue weighted by Gasteiger charge is -2.28. The van der Waals surface area contributed by atoms with E-state index in [1.54, 1.807) is 66.7 Å². The molecule has 0 aliphatic carbocycles. The second-order valence-electron chi connectivity index (χ2n) is 7.62. The van der Waals surface area contributed by atoms with Crippen molar-refractivity contribution in [2.24, 2.45) is 0 Å². The molecular formula is C25H20ClN3O4. The van der Waals surface area contributed by atoms with Gasteiger partial charge in [-0.15, -0.1) is 0 Å². The Bertz CT molecular complexity index is 1230. The second kappa shape index (κ2) is 9.26. The molecule has 1 heterocycles. The molecule has 1 saturated heterocycles. The summed E-state index contributed by atoms with van der Waals surface area (Å²) in [7, 11) is 0. The van der Waals surface area contributed by atoms with E-state index in [-0.39, 0.29) is 12.0 Å². The summed E-state index contributed by atoms with van der Waals surface area (Å²) in [6.07, 6.45) is -0.270. The van der Waals surface area contributed by atoms with Crippen molar-refractivity contribution in [3.63, 3.8) is 0 Å². The number of halogens is 1. The van der Waals surface area contributed by atoms with E-state index in [1.807, 2.05) is 6.92 Å². The standard InChI is InChI=1S/C25H20ClN3O4/c1-16-10-12-20(13-11-16)28-22(30)15-21(25(28)33)29(24(32)18-8-5-9-19(26)14-18)27-23(31)17-6-3-2-4-7-17/h2-14,21H,15H2,1H3,(H,27,31). The highest BCUT2D eigenvalue weighted by atomic mass is 35.5. The van der Waals surface area contributed by atoms with Crippen LogP contribution in [0.3, 0.4) is 0 Å². The number of imide groups is 1. The number of hydrazine groups is 1. The van der Waals surface area contributed by atoms with Crippen LogP contribution in [-0.2, 0) is 9.59 Å². The van der Waals surface area contributed by atoms with E-state index in [0.717, 1.165) is 15.5 Å².